The van der Waals surface area contributed by atoms with Crippen LogP contribution in [-0.4, -0.2) is 33.0 Å². The molecular formula is C9H18F3NO. The lowest BCUT2D eigenvalue weighted by Crippen LogP contribution is -2.20. The normalized spacial score (nSPS) is 14.4. The zero-order chi connectivity index (χ0) is 11.0. The van der Waals surface area contributed by atoms with Crippen LogP contribution in [0.5, 0.6) is 0 Å². The van der Waals surface area contributed by atoms with E-state index < -0.39 is 12.6 Å². The van der Waals surface area contributed by atoms with Crippen molar-refractivity contribution in [1.29, 1.82) is 0 Å². The molecule has 0 aliphatic rings. The predicted octanol–water partition coefficient (Wildman–Crippen LogP) is 2.20. The first kappa shape index (κ1) is 13.7. The van der Waals surface area contributed by atoms with Gasteiger partial charge >= 0.3 is 6.18 Å². The summed E-state index contributed by atoms with van der Waals surface area (Å²) in [5.41, 5.74) is 0. The van der Waals surface area contributed by atoms with Crippen molar-refractivity contribution in [3.8, 4) is 0 Å². The van der Waals surface area contributed by atoms with Gasteiger partial charge in [-0.15, -0.1) is 0 Å². The highest BCUT2D eigenvalue weighted by Crippen LogP contribution is 2.20. The van der Waals surface area contributed by atoms with Gasteiger partial charge in [-0.1, -0.05) is 6.92 Å². The standard InChI is InChI=1S/C9H18F3NO/c1-8(6-13-2)7-14-5-3-4-9(10,11)12/h8,13H,3-7H2,1-2H3. The number of halogens is 3. The molecule has 0 aromatic carbocycles. The Morgan fingerprint density at radius 3 is 2.50 bits per heavy atom. The monoisotopic (exact) mass is 213 g/mol. The van der Waals surface area contributed by atoms with Gasteiger partial charge in [0.15, 0.2) is 0 Å². The molecule has 0 radical (unpaired) electrons. The summed E-state index contributed by atoms with van der Waals surface area (Å²) >= 11 is 0. The van der Waals surface area contributed by atoms with E-state index in [4.69, 9.17) is 4.74 Å². The van der Waals surface area contributed by atoms with E-state index in [1.165, 1.54) is 0 Å². The summed E-state index contributed by atoms with van der Waals surface area (Å²) in [5.74, 6) is 0.339. The fourth-order valence-electron chi connectivity index (χ4n) is 1.07. The average molecular weight is 213 g/mol. The van der Waals surface area contributed by atoms with E-state index in [1.54, 1.807) is 0 Å². The minimum Gasteiger partial charge on any atom is -0.381 e. The zero-order valence-electron chi connectivity index (χ0n) is 8.66. The summed E-state index contributed by atoms with van der Waals surface area (Å²) in [4.78, 5) is 0. The van der Waals surface area contributed by atoms with Crippen molar-refractivity contribution >= 4 is 0 Å². The highest BCUT2D eigenvalue weighted by molar-refractivity contribution is 4.53. The molecule has 0 amide bonds. The maximum absolute atomic E-state index is 11.7. The van der Waals surface area contributed by atoms with Gasteiger partial charge in [-0.05, 0) is 25.9 Å². The average Bonchev–Trinajstić information content (AvgIpc) is 2.02. The summed E-state index contributed by atoms with van der Waals surface area (Å²) in [5, 5.41) is 2.97. The minimum atomic E-state index is -4.06. The fraction of sp³-hybridized carbons (Fsp3) is 1.00. The number of rotatable bonds is 7. The maximum atomic E-state index is 11.7. The van der Waals surface area contributed by atoms with Crippen LogP contribution in [0.2, 0.25) is 0 Å². The van der Waals surface area contributed by atoms with Crippen LogP contribution in [0.3, 0.4) is 0 Å². The predicted molar refractivity (Wildman–Crippen MR) is 49.2 cm³/mol. The van der Waals surface area contributed by atoms with Gasteiger partial charge in [-0.2, -0.15) is 13.2 Å². The Balaban J connectivity index is 3.21. The highest BCUT2D eigenvalue weighted by atomic mass is 19.4. The summed E-state index contributed by atoms with van der Waals surface area (Å²) < 4.78 is 40.2. The lowest BCUT2D eigenvalue weighted by molar-refractivity contribution is -0.138. The van der Waals surface area contributed by atoms with Gasteiger partial charge < -0.3 is 10.1 Å². The Morgan fingerprint density at radius 2 is 2.00 bits per heavy atom. The molecule has 0 aliphatic carbocycles. The SMILES string of the molecule is CNCC(C)COCCCC(F)(F)F. The molecule has 0 heterocycles. The van der Waals surface area contributed by atoms with Crippen LogP contribution in [0.15, 0.2) is 0 Å². The van der Waals surface area contributed by atoms with Gasteiger partial charge in [0.2, 0.25) is 0 Å². The molecule has 0 spiro atoms. The van der Waals surface area contributed by atoms with E-state index in [2.05, 4.69) is 5.32 Å². The molecule has 0 bridgehead atoms. The topological polar surface area (TPSA) is 21.3 Å². The third kappa shape index (κ3) is 9.80. The van der Waals surface area contributed by atoms with Gasteiger partial charge in [-0.25, -0.2) is 0 Å². The van der Waals surface area contributed by atoms with Crippen molar-refractivity contribution in [2.45, 2.75) is 25.9 Å². The van der Waals surface area contributed by atoms with E-state index >= 15 is 0 Å². The molecule has 0 aromatic heterocycles. The van der Waals surface area contributed by atoms with E-state index in [9.17, 15) is 13.2 Å². The Hall–Kier alpha value is -0.290. The molecule has 0 saturated heterocycles. The van der Waals surface area contributed by atoms with Gasteiger partial charge in [0, 0.05) is 13.0 Å². The zero-order valence-corrected chi connectivity index (χ0v) is 8.66. The molecule has 1 unspecified atom stereocenters. The van der Waals surface area contributed by atoms with Crippen molar-refractivity contribution in [2.75, 3.05) is 26.8 Å². The second kappa shape index (κ2) is 7.06. The van der Waals surface area contributed by atoms with Crippen LogP contribution in [0.1, 0.15) is 19.8 Å². The van der Waals surface area contributed by atoms with Crippen LogP contribution in [0.25, 0.3) is 0 Å². The molecule has 14 heavy (non-hydrogen) atoms. The van der Waals surface area contributed by atoms with E-state index in [0.717, 1.165) is 6.54 Å². The second-order valence-electron chi connectivity index (χ2n) is 3.46. The summed E-state index contributed by atoms with van der Waals surface area (Å²) in [7, 11) is 1.83. The first-order valence-electron chi connectivity index (χ1n) is 4.75. The largest absolute Gasteiger partial charge is 0.389 e. The molecule has 5 heteroatoms. The minimum absolute atomic E-state index is 0.0514. The number of hydrogen-bond acceptors (Lipinski definition) is 2. The smallest absolute Gasteiger partial charge is 0.381 e. The first-order valence-corrected chi connectivity index (χ1v) is 4.75. The molecular weight excluding hydrogens is 195 g/mol. The first-order chi connectivity index (χ1) is 6.45. The lowest BCUT2D eigenvalue weighted by atomic mass is 10.2. The Kier molecular flexibility index (Phi) is 6.92. The van der Waals surface area contributed by atoms with Crippen molar-refractivity contribution in [1.82, 2.24) is 5.32 Å². The van der Waals surface area contributed by atoms with E-state index in [0.29, 0.717) is 12.5 Å². The summed E-state index contributed by atoms with van der Waals surface area (Å²) in [6, 6.07) is 0. The molecule has 1 atom stereocenters. The highest BCUT2D eigenvalue weighted by Gasteiger charge is 2.25. The van der Waals surface area contributed by atoms with Crippen LogP contribution in [0.4, 0.5) is 13.2 Å². The van der Waals surface area contributed by atoms with Crippen LogP contribution < -0.4 is 5.32 Å². The van der Waals surface area contributed by atoms with Gasteiger partial charge in [-0.3, -0.25) is 0 Å². The van der Waals surface area contributed by atoms with Crippen molar-refractivity contribution in [3.63, 3.8) is 0 Å². The molecule has 0 saturated carbocycles. The number of ether oxygens (including phenoxy) is 1. The number of nitrogens with one attached hydrogen (secondary N) is 1. The van der Waals surface area contributed by atoms with Crippen LogP contribution >= 0.6 is 0 Å². The summed E-state index contributed by atoms with van der Waals surface area (Å²) in [6.07, 6.45) is -4.76. The van der Waals surface area contributed by atoms with Crippen LogP contribution in [0, 0.1) is 5.92 Å². The lowest BCUT2D eigenvalue weighted by Gasteiger charge is -2.11. The maximum Gasteiger partial charge on any atom is 0.389 e. The fourth-order valence-corrected chi connectivity index (χ4v) is 1.07. The molecule has 0 aromatic rings. The van der Waals surface area contributed by atoms with Crippen molar-refractivity contribution in [2.24, 2.45) is 5.92 Å². The molecule has 86 valence electrons. The number of hydrogen-bond donors (Lipinski definition) is 1. The number of alkyl halides is 3. The van der Waals surface area contributed by atoms with Crippen molar-refractivity contribution < 1.29 is 17.9 Å². The second-order valence-corrected chi connectivity index (χ2v) is 3.46. The molecule has 0 aliphatic heterocycles. The van der Waals surface area contributed by atoms with Crippen LogP contribution in [-0.2, 0) is 4.74 Å². The molecule has 0 fully saturated rings. The van der Waals surface area contributed by atoms with Gasteiger partial charge in [0.25, 0.3) is 0 Å². The Morgan fingerprint density at radius 1 is 1.36 bits per heavy atom. The van der Waals surface area contributed by atoms with Gasteiger partial charge in [0.1, 0.15) is 0 Å². The Bertz CT molecular complexity index is 139. The molecule has 0 rings (SSSR count). The Labute approximate surface area is 82.8 Å². The van der Waals surface area contributed by atoms with Gasteiger partial charge in [0.05, 0.1) is 6.61 Å². The molecule has 1 N–H and O–H groups in total. The van der Waals surface area contributed by atoms with E-state index in [1.807, 2.05) is 14.0 Å². The third-order valence-corrected chi connectivity index (χ3v) is 1.70. The summed E-state index contributed by atoms with van der Waals surface area (Å²) in [6.45, 7) is 3.51. The quantitative estimate of drug-likeness (QED) is 0.655. The molecule has 2 nitrogen and oxygen atoms in total. The van der Waals surface area contributed by atoms with E-state index in [-0.39, 0.29) is 13.0 Å². The third-order valence-electron chi connectivity index (χ3n) is 1.70. The van der Waals surface area contributed by atoms with Crippen molar-refractivity contribution in [3.05, 3.63) is 0 Å².